The van der Waals surface area contributed by atoms with Crippen LogP contribution in [0.15, 0.2) is 47.4 Å². The molecule has 0 radical (unpaired) electrons. The lowest BCUT2D eigenvalue weighted by atomic mass is 10.2. The predicted octanol–water partition coefficient (Wildman–Crippen LogP) is 2.81. The minimum atomic E-state index is -4.74. The average molecular weight is 310 g/mol. The number of carbonyl (C=O) groups is 1. The van der Waals surface area contributed by atoms with E-state index in [1.165, 1.54) is 0 Å². The van der Waals surface area contributed by atoms with Crippen molar-refractivity contribution in [2.45, 2.75) is 19.6 Å². The van der Waals surface area contributed by atoms with Gasteiger partial charge in [-0.2, -0.15) is 13.2 Å². The summed E-state index contributed by atoms with van der Waals surface area (Å²) in [5, 5.41) is 2.56. The van der Waals surface area contributed by atoms with Crippen LogP contribution in [0.2, 0.25) is 0 Å². The van der Waals surface area contributed by atoms with Crippen molar-refractivity contribution in [1.29, 1.82) is 0 Å². The van der Waals surface area contributed by atoms with E-state index in [9.17, 15) is 22.8 Å². The van der Waals surface area contributed by atoms with Gasteiger partial charge < -0.3 is 9.88 Å². The van der Waals surface area contributed by atoms with Crippen molar-refractivity contribution in [2.75, 3.05) is 5.32 Å². The van der Waals surface area contributed by atoms with Crippen molar-refractivity contribution in [3.8, 4) is 0 Å². The number of nitrogens with one attached hydrogen (secondary N) is 1. The number of pyridine rings is 1. The number of para-hydroxylation sites is 1. The van der Waals surface area contributed by atoms with E-state index in [-0.39, 0.29) is 0 Å². The maximum atomic E-state index is 12.7. The van der Waals surface area contributed by atoms with Crippen molar-refractivity contribution >= 4 is 11.6 Å². The molecule has 1 aromatic heterocycles. The van der Waals surface area contributed by atoms with Gasteiger partial charge in [0.1, 0.15) is 12.1 Å². The highest BCUT2D eigenvalue weighted by Gasteiger charge is 2.34. The Kier molecular flexibility index (Phi) is 4.35. The van der Waals surface area contributed by atoms with Crippen LogP contribution in [-0.4, -0.2) is 10.5 Å². The van der Waals surface area contributed by atoms with Gasteiger partial charge in [0, 0.05) is 11.9 Å². The quantitative estimate of drug-likeness (QED) is 0.948. The minimum Gasteiger partial charge on any atom is -0.324 e. The van der Waals surface area contributed by atoms with Crippen LogP contribution < -0.4 is 10.9 Å². The lowest BCUT2D eigenvalue weighted by Crippen LogP contribution is -2.32. The van der Waals surface area contributed by atoms with Gasteiger partial charge in [-0.3, -0.25) is 9.59 Å². The Labute approximate surface area is 124 Å². The van der Waals surface area contributed by atoms with Gasteiger partial charge >= 0.3 is 6.18 Å². The van der Waals surface area contributed by atoms with E-state index >= 15 is 0 Å². The largest absolute Gasteiger partial charge is 0.421 e. The van der Waals surface area contributed by atoms with Gasteiger partial charge in [0.15, 0.2) is 0 Å². The van der Waals surface area contributed by atoms with Gasteiger partial charge in [-0.15, -0.1) is 0 Å². The molecule has 0 bridgehead atoms. The fourth-order valence-corrected chi connectivity index (χ4v) is 1.93. The van der Waals surface area contributed by atoms with E-state index in [0.717, 1.165) is 22.4 Å². The Bertz CT molecular complexity index is 751. The highest BCUT2D eigenvalue weighted by atomic mass is 19.4. The van der Waals surface area contributed by atoms with Gasteiger partial charge in [-0.1, -0.05) is 18.2 Å². The van der Waals surface area contributed by atoms with Gasteiger partial charge in [0.05, 0.1) is 0 Å². The number of carbonyl (C=O) groups excluding carboxylic acids is 1. The smallest absolute Gasteiger partial charge is 0.324 e. The number of aromatic nitrogens is 1. The fourth-order valence-electron chi connectivity index (χ4n) is 1.93. The predicted molar refractivity (Wildman–Crippen MR) is 75.5 cm³/mol. The first-order valence-electron chi connectivity index (χ1n) is 6.41. The number of alkyl halides is 3. The molecule has 2 aromatic rings. The van der Waals surface area contributed by atoms with Crippen LogP contribution in [0, 0.1) is 6.92 Å². The topological polar surface area (TPSA) is 51.1 Å². The standard InChI is InChI=1S/C15H13F3N2O2/c1-10-5-2-3-7-12(10)19-13(21)9-20-8-4-6-11(14(20)22)15(16,17)18/h2-8H,9H2,1H3,(H,19,21). The molecule has 0 unspecified atom stereocenters. The summed E-state index contributed by atoms with van der Waals surface area (Å²) in [6.45, 7) is 1.29. The maximum Gasteiger partial charge on any atom is 0.421 e. The Morgan fingerprint density at radius 3 is 2.50 bits per heavy atom. The molecule has 0 aliphatic rings. The van der Waals surface area contributed by atoms with Gasteiger partial charge in [0.2, 0.25) is 5.91 Å². The summed E-state index contributed by atoms with van der Waals surface area (Å²) in [6, 6.07) is 8.75. The SMILES string of the molecule is Cc1ccccc1NC(=O)Cn1cccc(C(F)(F)F)c1=O. The highest BCUT2D eigenvalue weighted by Crippen LogP contribution is 2.25. The number of hydrogen-bond acceptors (Lipinski definition) is 2. The number of aryl methyl sites for hydroxylation is 1. The van der Waals surface area contributed by atoms with Crippen molar-refractivity contribution in [2.24, 2.45) is 0 Å². The molecule has 1 heterocycles. The second kappa shape index (κ2) is 6.05. The summed E-state index contributed by atoms with van der Waals surface area (Å²) in [4.78, 5) is 23.6. The van der Waals surface area contributed by atoms with Crippen LogP contribution in [0.4, 0.5) is 18.9 Å². The molecule has 22 heavy (non-hydrogen) atoms. The Hall–Kier alpha value is -2.57. The number of amides is 1. The van der Waals surface area contributed by atoms with E-state index in [0.29, 0.717) is 11.8 Å². The Balaban J connectivity index is 2.20. The normalized spacial score (nSPS) is 11.3. The first-order chi connectivity index (χ1) is 10.3. The summed E-state index contributed by atoms with van der Waals surface area (Å²) < 4.78 is 38.7. The first kappa shape index (κ1) is 15.8. The zero-order chi connectivity index (χ0) is 16.3. The molecule has 1 amide bonds. The number of hydrogen-bond donors (Lipinski definition) is 1. The van der Waals surface area contributed by atoms with Crippen molar-refractivity contribution in [1.82, 2.24) is 4.57 Å². The van der Waals surface area contributed by atoms with Crippen LogP contribution in [0.3, 0.4) is 0 Å². The molecule has 0 spiro atoms. The van der Waals surface area contributed by atoms with Crippen LogP contribution in [-0.2, 0) is 17.5 Å². The van der Waals surface area contributed by atoms with Gasteiger partial charge in [-0.05, 0) is 30.7 Å². The summed E-state index contributed by atoms with van der Waals surface area (Å²) in [7, 11) is 0. The molecule has 4 nitrogen and oxygen atoms in total. The first-order valence-corrected chi connectivity index (χ1v) is 6.41. The van der Waals surface area contributed by atoms with Crippen LogP contribution in [0.25, 0.3) is 0 Å². The molecular formula is C15H13F3N2O2. The van der Waals surface area contributed by atoms with Crippen molar-refractivity contribution in [3.05, 3.63) is 64.1 Å². The molecule has 0 saturated heterocycles. The number of anilines is 1. The average Bonchev–Trinajstić information content (AvgIpc) is 2.42. The number of nitrogens with zero attached hydrogens (tertiary/aromatic N) is 1. The van der Waals surface area contributed by atoms with E-state index < -0.39 is 29.8 Å². The summed E-state index contributed by atoms with van der Waals surface area (Å²) in [5.74, 6) is -0.573. The van der Waals surface area contributed by atoms with E-state index in [1.807, 2.05) is 0 Å². The number of rotatable bonds is 3. The van der Waals surface area contributed by atoms with Crippen LogP contribution in [0.1, 0.15) is 11.1 Å². The minimum absolute atomic E-state index is 0.489. The third kappa shape index (κ3) is 3.55. The van der Waals surface area contributed by atoms with E-state index in [4.69, 9.17) is 0 Å². The second-order valence-corrected chi connectivity index (χ2v) is 4.72. The molecule has 2 rings (SSSR count). The summed E-state index contributed by atoms with van der Waals surface area (Å²) in [5.41, 5.74) is -1.17. The van der Waals surface area contributed by atoms with Crippen LogP contribution >= 0.6 is 0 Å². The second-order valence-electron chi connectivity index (χ2n) is 4.72. The van der Waals surface area contributed by atoms with Crippen molar-refractivity contribution < 1.29 is 18.0 Å². The lowest BCUT2D eigenvalue weighted by molar-refractivity contribution is -0.139. The monoisotopic (exact) mass is 310 g/mol. The molecule has 116 valence electrons. The van der Waals surface area contributed by atoms with E-state index in [2.05, 4.69) is 5.32 Å². The van der Waals surface area contributed by atoms with Crippen molar-refractivity contribution in [3.63, 3.8) is 0 Å². The lowest BCUT2D eigenvalue weighted by Gasteiger charge is -2.11. The molecule has 1 N–H and O–H groups in total. The molecule has 0 saturated carbocycles. The molecule has 7 heteroatoms. The highest BCUT2D eigenvalue weighted by molar-refractivity contribution is 5.91. The molecule has 0 fully saturated rings. The fraction of sp³-hybridized carbons (Fsp3) is 0.200. The summed E-state index contributed by atoms with van der Waals surface area (Å²) in [6.07, 6.45) is -3.60. The summed E-state index contributed by atoms with van der Waals surface area (Å²) >= 11 is 0. The number of benzene rings is 1. The number of halogens is 3. The molecule has 0 aliphatic heterocycles. The maximum absolute atomic E-state index is 12.7. The molecule has 0 aliphatic carbocycles. The Morgan fingerprint density at radius 1 is 1.18 bits per heavy atom. The third-order valence-corrected chi connectivity index (χ3v) is 3.06. The molecule has 1 aromatic carbocycles. The van der Waals surface area contributed by atoms with Crippen LogP contribution in [0.5, 0.6) is 0 Å². The van der Waals surface area contributed by atoms with Gasteiger partial charge in [0.25, 0.3) is 5.56 Å². The molecular weight excluding hydrogens is 297 g/mol. The Morgan fingerprint density at radius 2 is 1.86 bits per heavy atom. The van der Waals surface area contributed by atoms with Gasteiger partial charge in [-0.25, -0.2) is 0 Å². The van der Waals surface area contributed by atoms with E-state index in [1.54, 1.807) is 31.2 Å². The zero-order valence-corrected chi connectivity index (χ0v) is 11.6. The third-order valence-electron chi connectivity index (χ3n) is 3.06. The zero-order valence-electron chi connectivity index (χ0n) is 11.6. The molecule has 0 atom stereocenters.